The van der Waals surface area contributed by atoms with E-state index < -0.39 is 6.04 Å². The Balaban J connectivity index is 1.42. The Kier molecular flexibility index (Phi) is 11.6. The smallest absolute Gasteiger partial charge is 0.242 e. The number of hydrogen-bond donors (Lipinski definition) is 3. The summed E-state index contributed by atoms with van der Waals surface area (Å²) in [5, 5.41) is 15.3. The maximum atomic E-state index is 13.6. The van der Waals surface area contributed by atoms with Crippen LogP contribution in [0.1, 0.15) is 17.5 Å². The van der Waals surface area contributed by atoms with E-state index >= 15 is 0 Å². The van der Waals surface area contributed by atoms with Crippen LogP contribution >= 0.6 is 0 Å². The largest absolute Gasteiger partial charge is 0.493 e. The predicted octanol–water partition coefficient (Wildman–Crippen LogP) is 3.06. The zero-order chi connectivity index (χ0) is 32.1. The van der Waals surface area contributed by atoms with Gasteiger partial charge in [-0.15, -0.1) is 0 Å². The van der Waals surface area contributed by atoms with E-state index in [1.165, 1.54) is 0 Å². The summed E-state index contributed by atoms with van der Waals surface area (Å²) in [6, 6.07) is 22.2. The molecule has 0 saturated heterocycles. The zero-order valence-electron chi connectivity index (χ0n) is 26.1. The van der Waals surface area contributed by atoms with Gasteiger partial charge < -0.3 is 34.5 Å². The first kappa shape index (κ1) is 32.5. The predicted molar refractivity (Wildman–Crippen MR) is 174 cm³/mol. The number of hydrogen-bond acceptors (Lipinski definition) is 8. The van der Waals surface area contributed by atoms with Crippen molar-refractivity contribution in [2.45, 2.75) is 32.0 Å². The number of amides is 2. The molecule has 1 aliphatic heterocycles. The summed E-state index contributed by atoms with van der Waals surface area (Å²) in [6.07, 6.45) is 4.57. The fraction of sp³-hybridized carbons (Fsp3) is 0.343. The second kappa shape index (κ2) is 16.4. The summed E-state index contributed by atoms with van der Waals surface area (Å²) < 4.78 is 19.5. The lowest BCUT2D eigenvalue weighted by Crippen LogP contribution is -2.51. The van der Waals surface area contributed by atoms with Crippen LogP contribution in [0.15, 0.2) is 85.2 Å². The summed E-state index contributed by atoms with van der Waals surface area (Å²) in [4.78, 5) is 33.6. The Labute approximate surface area is 269 Å². The second-order valence-electron chi connectivity index (χ2n) is 11.0. The van der Waals surface area contributed by atoms with E-state index in [9.17, 15) is 14.7 Å². The number of carbonyl (C=O) groups excluding carboxylic acids is 2. The van der Waals surface area contributed by atoms with Gasteiger partial charge in [0.05, 0.1) is 26.9 Å². The number of aliphatic hydroxyl groups excluding tert-OH is 1. The van der Waals surface area contributed by atoms with Crippen molar-refractivity contribution in [1.29, 1.82) is 0 Å². The molecule has 46 heavy (non-hydrogen) atoms. The molecule has 2 amide bonds. The molecule has 4 aromatic rings. The molecule has 2 bridgehead atoms. The highest BCUT2D eigenvalue weighted by atomic mass is 16.5. The van der Waals surface area contributed by atoms with E-state index in [-0.39, 0.29) is 31.6 Å². The van der Waals surface area contributed by atoms with Gasteiger partial charge in [0, 0.05) is 56.1 Å². The molecule has 11 heteroatoms. The summed E-state index contributed by atoms with van der Waals surface area (Å²) in [5.41, 5.74) is 2.69. The van der Waals surface area contributed by atoms with Gasteiger partial charge in [0.2, 0.25) is 11.8 Å². The SMILES string of the molecule is COc1ccc2cc1OCCCN(Cc1ccccc1OCCO)CC(=O)N[C@@H](Cc1ccccc1)C(=O)NCCn1ccnc1-2. The van der Waals surface area contributed by atoms with Crippen molar-refractivity contribution in [1.82, 2.24) is 25.1 Å². The third-order valence-electron chi connectivity index (χ3n) is 7.68. The molecular weight excluding hydrogens is 586 g/mol. The number of rotatable bonds is 8. The molecule has 0 spiro atoms. The number of nitrogens with one attached hydrogen (secondary N) is 2. The molecule has 5 rings (SSSR count). The van der Waals surface area contributed by atoms with Gasteiger partial charge in [-0.05, 0) is 36.2 Å². The Morgan fingerprint density at radius 1 is 1.02 bits per heavy atom. The van der Waals surface area contributed by atoms with Crippen LogP contribution < -0.4 is 24.8 Å². The van der Waals surface area contributed by atoms with Crippen LogP contribution in [0.4, 0.5) is 0 Å². The molecule has 0 aliphatic carbocycles. The van der Waals surface area contributed by atoms with Gasteiger partial charge >= 0.3 is 0 Å². The highest BCUT2D eigenvalue weighted by Crippen LogP contribution is 2.32. The first-order chi connectivity index (χ1) is 22.5. The molecule has 0 radical (unpaired) electrons. The van der Waals surface area contributed by atoms with Crippen molar-refractivity contribution in [3.63, 3.8) is 0 Å². The van der Waals surface area contributed by atoms with Crippen molar-refractivity contribution in [3.05, 3.63) is 96.3 Å². The Morgan fingerprint density at radius 2 is 1.85 bits per heavy atom. The van der Waals surface area contributed by atoms with Crippen molar-refractivity contribution >= 4 is 11.8 Å². The lowest BCUT2D eigenvalue weighted by atomic mass is 10.1. The first-order valence-corrected chi connectivity index (χ1v) is 15.5. The standard InChI is InChI=1S/C35H41N5O6/c1-44-31-13-12-27-23-32(31)45-20-7-16-39(24-28-10-5-6-11-30(28)46-21-19-41)25-33(42)38-29(22-26-8-3-2-4-9-26)35(43)37-15-18-40-17-14-36-34(27)40/h2-6,8-14,17,23,29,41H,7,15-16,18-22,24-25H2,1H3,(H,37,43)(H,38,42)/t29-/m0/s1. The van der Waals surface area contributed by atoms with Crippen LogP contribution in [0, 0.1) is 0 Å². The van der Waals surface area contributed by atoms with E-state index in [0.717, 1.165) is 22.5 Å². The van der Waals surface area contributed by atoms with E-state index in [4.69, 9.17) is 14.2 Å². The Bertz CT molecular complexity index is 1580. The average molecular weight is 628 g/mol. The lowest BCUT2D eigenvalue weighted by molar-refractivity contribution is -0.129. The highest BCUT2D eigenvalue weighted by Gasteiger charge is 2.23. The number of para-hydroxylation sites is 1. The quantitative estimate of drug-likeness (QED) is 0.272. The number of fused-ring (bicyclic) bond motifs is 4. The summed E-state index contributed by atoms with van der Waals surface area (Å²) >= 11 is 0. The molecule has 0 fully saturated rings. The number of imidazole rings is 1. The summed E-state index contributed by atoms with van der Waals surface area (Å²) in [7, 11) is 1.60. The monoisotopic (exact) mass is 627 g/mol. The van der Waals surface area contributed by atoms with Crippen molar-refractivity contribution in [3.8, 4) is 28.6 Å². The third kappa shape index (κ3) is 8.86. The molecule has 3 N–H and O–H groups in total. The maximum Gasteiger partial charge on any atom is 0.242 e. The second-order valence-corrected chi connectivity index (χ2v) is 11.0. The fourth-order valence-electron chi connectivity index (χ4n) is 5.46. The van der Waals surface area contributed by atoms with Gasteiger partial charge in [-0.25, -0.2) is 4.98 Å². The number of nitrogens with zero attached hydrogens (tertiary/aromatic N) is 3. The van der Waals surface area contributed by atoms with Crippen LogP contribution in [-0.2, 0) is 29.1 Å². The van der Waals surface area contributed by atoms with Gasteiger partial charge in [-0.1, -0.05) is 48.5 Å². The van der Waals surface area contributed by atoms with E-state index in [1.807, 2.05) is 88.5 Å². The number of carbonyl (C=O) groups is 2. The van der Waals surface area contributed by atoms with Crippen molar-refractivity contribution in [2.24, 2.45) is 0 Å². The van der Waals surface area contributed by atoms with Gasteiger partial charge in [0.25, 0.3) is 0 Å². The van der Waals surface area contributed by atoms with Gasteiger partial charge in [-0.3, -0.25) is 14.5 Å². The van der Waals surface area contributed by atoms with E-state index in [2.05, 4.69) is 15.6 Å². The number of aromatic nitrogens is 2. The van der Waals surface area contributed by atoms with Crippen LogP contribution in [-0.4, -0.2) is 84.0 Å². The average Bonchev–Trinajstić information content (AvgIpc) is 3.54. The van der Waals surface area contributed by atoms with Crippen LogP contribution in [0.5, 0.6) is 17.2 Å². The minimum absolute atomic E-state index is 0.0596. The lowest BCUT2D eigenvalue weighted by Gasteiger charge is -2.25. The highest BCUT2D eigenvalue weighted by molar-refractivity contribution is 5.88. The molecule has 2 heterocycles. The van der Waals surface area contributed by atoms with Crippen LogP contribution in [0.25, 0.3) is 11.4 Å². The number of aliphatic hydroxyl groups is 1. The molecule has 1 atom stereocenters. The van der Waals surface area contributed by atoms with Gasteiger partial charge in [-0.2, -0.15) is 0 Å². The van der Waals surface area contributed by atoms with Crippen molar-refractivity contribution < 1.29 is 28.9 Å². The zero-order valence-corrected chi connectivity index (χ0v) is 26.1. The minimum atomic E-state index is -0.759. The summed E-state index contributed by atoms with van der Waals surface area (Å²) in [6.45, 7) is 2.30. The third-order valence-corrected chi connectivity index (χ3v) is 7.68. The normalized spacial score (nSPS) is 16.6. The topological polar surface area (TPSA) is 127 Å². The van der Waals surface area contributed by atoms with Crippen LogP contribution in [0.2, 0.25) is 0 Å². The number of methoxy groups -OCH3 is 1. The molecule has 0 saturated carbocycles. The number of benzene rings is 3. The molecule has 1 aromatic heterocycles. The molecule has 3 aromatic carbocycles. The first-order valence-electron chi connectivity index (χ1n) is 15.5. The molecule has 242 valence electrons. The van der Waals surface area contributed by atoms with E-state index in [0.29, 0.717) is 62.9 Å². The van der Waals surface area contributed by atoms with Crippen LogP contribution in [0.3, 0.4) is 0 Å². The minimum Gasteiger partial charge on any atom is -0.493 e. The fourth-order valence-corrected chi connectivity index (χ4v) is 5.46. The van der Waals surface area contributed by atoms with Crippen molar-refractivity contribution in [2.75, 3.05) is 46.6 Å². The molecule has 11 nitrogen and oxygen atoms in total. The molecule has 1 aliphatic rings. The number of ether oxygens (including phenoxy) is 3. The molecule has 0 unspecified atom stereocenters. The summed E-state index contributed by atoms with van der Waals surface area (Å²) in [5.74, 6) is 2.07. The van der Waals surface area contributed by atoms with Gasteiger partial charge in [0.1, 0.15) is 24.2 Å². The Morgan fingerprint density at radius 3 is 2.67 bits per heavy atom. The maximum absolute atomic E-state index is 13.6. The molecular formula is C35H41N5O6. The van der Waals surface area contributed by atoms with E-state index in [1.54, 1.807) is 13.3 Å². The Hall–Kier alpha value is -4.87. The van der Waals surface area contributed by atoms with Gasteiger partial charge in [0.15, 0.2) is 11.5 Å².